The van der Waals surface area contributed by atoms with Crippen LogP contribution in [0.3, 0.4) is 0 Å². The normalized spacial score (nSPS) is 17.5. The molecule has 2 aromatic carbocycles. The van der Waals surface area contributed by atoms with Crippen molar-refractivity contribution in [1.82, 2.24) is 4.90 Å². The van der Waals surface area contributed by atoms with Crippen molar-refractivity contribution < 1.29 is 4.79 Å². The Morgan fingerprint density at radius 3 is 2.22 bits per heavy atom. The first-order valence-corrected chi connectivity index (χ1v) is 14.5. The Kier molecular flexibility index (Phi) is 14.5. The molecule has 1 saturated carbocycles. The van der Waals surface area contributed by atoms with Gasteiger partial charge in [-0.05, 0) is 66.7 Å². The van der Waals surface area contributed by atoms with E-state index in [1.54, 1.807) is 0 Å². The number of carbonyl (C=O) groups is 1. The Bertz CT molecular complexity index is 931. The predicted octanol–water partition coefficient (Wildman–Crippen LogP) is 8.49. The number of amides is 1. The van der Waals surface area contributed by atoms with Gasteiger partial charge in [-0.1, -0.05) is 113 Å². The smallest absolute Gasteiger partial charge is 0.225 e. The maximum Gasteiger partial charge on any atom is 0.225 e. The van der Waals surface area contributed by atoms with Crippen LogP contribution in [0.15, 0.2) is 65.9 Å². The Labute approximate surface area is 225 Å². The Hall–Kier alpha value is -2.75. The number of allylic oxidation sites excluding steroid dienone is 2. The Morgan fingerprint density at radius 1 is 0.946 bits per heavy atom. The molecule has 2 fully saturated rings. The first-order valence-electron chi connectivity index (χ1n) is 14.5. The first kappa shape index (κ1) is 30.5. The van der Waals surface area contributed by atoms with Gasteiger partial charge in [-0.2, -0.15) is 4.91 Å². The van der Waals surface area contributed by atoms with Crippen molar-refractivity contribution in [3.05, 3.63) is 82.3 Å². The second-order valence-corrected chi connectivity index (χ2v) is 10.1. The van der Waals surface area contributed by atoms with E-state index in [4.69, 9.17) is 0 Å². The molecule has 4 heteroatoms. The largest absolute Gasteiger partial charge is 0.342 e. The summed E-state index contributed by atoms with van der Waals surface area (Å²) in [4.78, 5) is 25.3. The molecule has 0 unspecified atom stereocenters. The fourth-order valence-corrected chi connectivity index (χ4v) is 5.13. The Balaban J connectivity index is 0.000000898. The maximum absolute atomic E-state index is 12.8. The van der Waals surface area contributed by atoms with E-state index >= 15 is 0 Å². The molecule has 1 heterocycles. The van der Waals surface area contributed by atoms with Gasteiger partial charge in [-0.25, -0.2) is 0 Å². The standard InChI is InChI=1S/C28H34N2O2.C3H8.C2H6/c31-28(26-8-4-5-9-26)30-19-17-24(21-30)12-15-27(20-23-6-2-1-3-7-23)25-13-10-22(11-14-25)16-18-29-32;1-3-2;1-2/h1-3,6-7,10-11,13-15,24,26H,4-5,8-9,12,16-21H2;3H2,1-2H3;1-2H3/b27-15+;;/t24-;;/m0../s1. The minimum atomic E-state index is 0.283. The summed E-state index contributed by atoms with van der Waals surface area (Å²) in [5.74, 6) is 1.23. The summed E-state index contributed by atoms with van der Waals surface area (Å²) in [6.45, 7) is 10.4. The highest BCUT2D eigenvalue weighted by Crippen LogP contribution is 2.30. The summed E-state index contributed by atoms with van der Waals surface area (Å²) in [6.07, 6.45) is 11.9. The lowest BCUT2D eigenvalue weighted by atomic mass is 9.93. The van der Waals surface area contributed by atoms with Gasteiger partial charge in [0.15, 0.2) is 0 Å². The van der Waals surface area contributed by atoms with Crippen molar-refractivity contribution in [3.8, 4) is 0 Å². The van der Waals surface area contributed by atoms with Crippen molar-refractivity contribution in [2.24, 2.45) is 17.0 Å². The van der Waals surface area contributed by atoms with Gasteiger partial charge in [-0.3, -0.25) is 4.79 Å². The molecule has 1 saturated heterocycles. The second kappa shape index (κ2) is 17.7. The van der Waals surface area contributed by atoms with Crippen LogP contribution in [0.2, 0.25) is 0 Å². The molecule has 2 aliphatic rings. The minimum Gasteiger partial charge on any atom is -0.342 e. The number of carbonyl (C=O) groups excluding carboxylic acids is 1. The molecule has 0 spiro atoms. The van der Waals surface area contributed by atoms with Crippen molar-refractivity contribution >= 4 is 11.5 Å². The highest BCUT2D eigenvalue weighted by Gasteiger charge is 2.31. The van der Waals surface area contributed by atoms with Crippen LogP contribution in [0, 0.1) is 16.7 Å². The lowest BCUT2D eigenvalue weighted by Crippen LogP contribution is -2.33. The maximum atomic E-state index is 12.8. The van der Waals surface area contributed by atoms with Crippen LogP contribution in [0.1, 0.15) is 89.3 Å². The molecule has 1 amide bonds. The summed E-state index contributed by atoms with van der Waals surface area (Å²) in [5.41, 5.74) is 5.01. The van der Waals surface area contributed by atoms with Crippen molar-refractivity contribution in [1.29, 1.82) is 0 Å². The molecule has 1 atom stereocenters. The zero-order valence-electron chi connectivity index (χ0n) is 23.6. The summed E-state index contributed by atoms with van der Waals surface area (Å²) in [6, 6.07) is 19.1. The van der Waals surface area contributed by atoms with E-state index in [2.05, 4.69) is 84.6 Å². The van der Waals surface area contributed by atoms with Crippen LogP contribution in [0.4, 0.5) is 0 Å². The van der Waals surface area contributed by atoms with Gasteiger partial charge in [0.1, 0.15) is 0 Å². The summed E-state index contributed by atoms with van der Waals surface area (Å²) in [7, 11) is 0. The molecule has 0 aromatic heterocycles. The fourth-order valence-electron chi connectivity index (χ4n) is 5.13. The van der Waals surface area contributed by atoms with Crippen molar-refractivity contribution in [2.75, 3.05) is 19.6 Å². The van der Waals surface area contributed by atoms with Crippen LogP contribution >= 0.6 is 0 Å². The van der Waals surface area contributed by atoms with Crippen molar-refractivity contribution in [3.63, 3.8) is 0 Å². The molecule has 2 aromatic rings. The predicted molar refractivity (Wildman–Crippen MR) is 158 cm³/mol. The number of rotatable bonds is 9. The van der Waals surface area contributed by atoms with Gasteiger partial charge in [0.2, 0.25) is 5.91 Å². The van der Waals surface area contributed by atoms with Gasteiger partial charge in [0.25, 0.3) is 0 Å². The molecule has 0 radical (unpaired) electrons. The molecule has 0 bridgehead atoms. The van der Waals surface area contributed by atoms with Gasteiger partial charge in [0.05, 0.1) is 6.54 Å². The zero-order valence-corrected chi connectivity index (χ0v) is 23.6. The third kappa shape index (κ3) is 10.3. The van der Waals surface area contributed by atoms with Crippen LogP contribution in [-0.2, 0) is 17.6 Å². The van der Waals surface area contributed by atoms with Crippen LogP contribution in [-0.4, -0.2) is 30.4 Å². The van der Waals surface area contributed by atoms with E-state index in [0.717, 1.165) is 50.8 Å². The molecule has 1 aliphatic carbocycles. The third-order valence-corrected chi connectivity index (χ3v) is 7.05. The van der Waals surface area contributed by atoms with Gasteiger partial charge >= 0.3 is 0 Å². The molecular formula is C33H48N2O2. The topological polar surface area (TPSA) is 49.7 Å². The van der Waals surface area contributed by atoms with Gasteiger partial charge in [0, 0.05) is 19.0 Å². The number of hydrogen-bond donors (Lipinski definition) is 0. The molecule has 4 nitrogen and oxygen atoms in total. The summed E-state index contributed by atoms with van der Waals surface area (Å²) >= 11 is 0. The number of nitrogens with zero attached hydrogens (tertiary/aromatic N) is 2. The van der Waals surface area contributed by atoms with E-state index < -0.39 is 0 Å². The zero-order chi connectivity index (χ0) is 26.9. The average Bonchev–Trinajstić information content (AvgIpc) is 3.65. The number of benzene rings is 2. The minimum absolute atomic E-state index is 0.283. The first-order chi connectivity index (χ1) is 18.1. The lowest BCUT2D eigenvalue weighted by molar-refractivity contribution is -0.134. The van der Waals surface area contributed by atoms with E-state index in [0.29, 0.717) is 24.8 Å². The Morgan fingerprint density at radius 2 is 1.59 bits per heavy atom. The van der Waals surface area contributed by atoms with Gasteiger partial charge in [-0.15, -0.1) is 0 Å². The van der Waals surface area contributed by atoms with Gasteiger partial charge < -0.3 is 4.90 Å². The monoisotopic (exact) mass is 504 g/mol. The second-order valence-electron chi connectivity index (χ2n) is 10.1. The highest BCUT2D eigenvalue weighted by molar-refractivity contribution is 5.79. The van der Waals surface area contributed by atoms with Crippen molar-refractivity contribution in [2.45, 2.75) is 85.5 Å². The number of likely N-dealkylation sites (tertiary alicyclic amines) is 1. The number of nitroso groups, excluding NO2 is 1. The van der Waals surface area contributed by atoms with E-state index in [1.165, 1.54) is 36.0 Å². The van der Waals surface area contributed by atoms with Crippen LogP contribution < -0.4 is 0 Å². The molecule has 1 aliphatic heterocycles. The SMILES string of the molecule is CC.CCC.O=NCCc1ccc(/C(=C/C[C@H]2CCN(C(=O)C3CCCC3)C2)Cc2ccccc2)cc1. The van der Waals surface area contributed by atoms with E-state index in [9.17, 15) is 9.70 Å². The van der Waals surface area contributed by atoms with Crippen LogP contribution in [0.25, 0.3) is 5.57 Å². The number of hydrogen-bond acceptors (Lipinski definition) is 3. The average molecular weight is 505 g/mol. The molecule has 202 valence electrons. The molecule has 0 N–H and O–H groups in total. The quantitative estimate of drug-likeness (QED) is 0.321. The fraction of sp³-hybridized carbons (Fsp3) is 0.545. The van der Waals surface area contributed by atoms with E-state index in [1.807, 2.05) is 13.8 Å². The third-order valence-electron chi connectivity index (χ3n) is 7.05. The molecule has 4 rings (SSSR count). The molecular weight excluding hydrogens is 456 g/mol. The van der Waals surface area contributed by atoms with Crippen LogP contribution in [0.5, 0.6) is 0 Å². The summed E-state index contributed by atoms with van der Waals surface area (Å²) in [5, 5.41) is 2.97. The highest BCUT2D eigenvalue weighted by atomic mass is 16.3. The molecule has 37 heavy (non-hydrogen) atoms. The lowest BCUT2D eigenvalue weighted by Gasteiger charge is -2.20. The summed E-state index contributed by atoms with van der Waals surface area (Å²) < 4.78 is 0. The van der Waals surface area contributed by atoms with E-state index in [-0.39, 0.29) is 5.92 Å².